The second-order valence-corrected chi connectivity index (χ2v) is 6.76. The molecule has 0 atom stereocenters. The molecule has 0 spiro atoms. The third-order valence-electron chi connectivity index (χ3n) is 3.11. The maximum atomic E-state index is 12.4. The molecule has 0 aliphatic heterocycles. The van der Waals surface area contributed by atoms with Crippen LogP contribution in [0.15, 0.2) is 34.8 Å². The van der Waals surface area contributed by atoms with Gasteiger partial charge < -0.3 is 5.32 Å². The summed E-state index contributed by atoms with van der Waals surface area (Å²) in [6.07, 6.45) is 0. The predicted octanol–water partition coefficient (Wildman–Crippen LogP) is 5.23. The van der Waals surface area contributed by atoms with Gasteiger partial charge >= 0.3 is 0 Å². The number of amides is 1. The van der Waals surface area contributed by atoms with Gasteiger partial charge in [-0.05, 0) is 88.1 Å². The molecule has 104 valence electrons. The number of halogens is 2. The van der Waals surface area contributed by atoms with Crippen LogP contribution in [-0.4, -0.2) is 5.91 Å². The Morgan fingerprint density at radius 1 is 1.15 bits per heavy atom. The van der Waals surface area contributed by atoms with E-state index in [0.717, 1.165) is 30.4 Å². The molecule has 2 rings (SSSR count). The van der Waals surface area contributed by atoms with Gasteiger partial charge in [-0.25, -0.2) is 0 Å². The van der Waals surface area contributed by atoms with Crippen LogP contribution in [0.5, 0.6) is 0 Å². The van der Waals surface area contributed by atoms with E-state index < -0.39 is 0 Å². The van der Waals surface area contributed by atoms with Crippen LogP contribution in [0.2, 0.25) is 0 Å². The maximum Gasteiger partial charge on any atom is 0.256 e. The van der Waals surface area contributed by atoms with Gasteiger partial charge in [0.1, 0.15) is 0 Å². The molecule has 2 nitrogen and oxygen atoms in total. The molecule has 0 aliphatic carbocycles. The summed E-state index contributed by atoms with van der Waals surface area (Å²) in [7, 11) is 0. The van der Waals surface area contributed by atoms with Gasteiger partial charge in [-0.1, -0.05) is 18.2 Å². The standard InChI is InChI=1S/C16H15BrINO/c1-9-7-11(3)15(13(17)8-9)19-16(20)12-6-4-5-10(2)14(12)18/h4-8H,1-3H3,(H,19,20). The number of anilines is 1. The molecule has 0 fully saturated rings. The highest BCUT2D eigenvalue weighted by atomic mass is 127. The van der Waals surface area contributed by atoms with Gasteiger partial charge in [-0.15, -0.1) is 0 Å². The fourth-order valence-electron chi connectivity index (χ4n) is 2.08. The van der Waals surface area contributed by atoms with E-state index in [1.807, 2.05) is 45.0 Å². The summed E-state index contributed by atoms with van der Waals surface area (Å²) in [5.41, 5.74) is 4.86. The first kappa shape index (κ1) is 15.5. The molecule has 0 radical (unpaired) electrons. The maximum absolute atomic E-state index is 12.4. The average molecular weight is 444 g/mol. The van der Waals surface area contributed by atoms with Gasteiger partial charge in [-0.2, -0.15) is 0 Å². The summed E-state index contributed by atoms with van der Waals surface area (Å²) in [5.74, 6) is -0.0780. The van der Waals surface area contributed by atoms with Crippen molar-refractivity contribution in [1.82, 2.24) is 0 Å². The molecule has 2 aromatic carbocycles. The van der Waals surface area contributed by atoms with Crippen LogP contribution in [0.1, 0.15) is 27.0 Å². The zero-order chi connectivity index (χ0) is 14.9. The topological polar surface area (TPSA) is 29.1 Å². The number of hydrogen-bond donors (Lipinski definition) is 1. The molecule has 0 saturated carbocycles. The van der Waals surface area contributed by atoms with Gasteiger partial charge in [-0.3, -0.25) is 4.79 Å². The van der Waals surface area contributed by atoms with Gasteiger partial charge in [0.2, 0.25) is 0 Å². The van der Waals surface area contributed by atoms with Crippen LogP contribution >= 0.6 is 38.5 Å². The Bertz CT molecular complexity index is 659. The zero-order valence-corrected chi connectivity index (χ0v) is 15.3. The molecule has 0 aromatic heterocycles. The third kappa shape index (κ3) is 3.23. The second-order valence-electron chi connectivity index (χ2n) is 4.83. The van der Waals surface area contributed by atoms with Crippen LogP contribution < -0.4 is 5.32 Å². The van der Waals surface area contributed by atoms with Gasteiger partial charge in [0.05, 0.1) is 11.3 Å². The molecule has 4 heteroatoms. The first-order valence-corrected chi connectivity index (χ1v) is 8.10. The van der Waals surface area contributed by atoms with Crippen LogP contribution in [0.3, 0.4) is 0 Å². The summed E-state index contributed by atoms with van der Waals surface area (Å²) >= 11 is 5.73. The monoisotopic (exact) mass is 443 g/mol. The van der Waals surface area contributed by atoms with Gasteiger partial charge in [0.25, 0.3) is 5.91 Å². The quantitative estimate of drug-likeness (QED) is 0.632. The van der Waals surface area contributed by atoms with Crippen LogP contribution in [0, 0.1) is 24.3 Å². The third-order valence-corrected chi connectivity index (χ3v) is 5.16. The predicted molar refractivity (Wildman–Crippen MR) is 95.5 cm³/mol. The largest absolute Gasteiger partial charge is 0.321 e. The lowest BCUT2D eigenvalue weighted by Crippen LogP contribution is -2.15. The van der Waals surface area contributed by atoms with Crippen molar-refractivity contribution in [2.75, 3.05) is 5.32 Å². The minimum absolute atomic E-state index is 0.0780. The molecule has 0 unspecified atom stereocenters. The van der Waals surface area contributed by atoms with Crippen molar-refractivity contribution in [3.8, 4) is 0 Å². The van der Waals surface area contributed by atoms with Crippen molar-refractivity contribution in [3.63, 3.8) is 0 Å². The molecule has 1 amide bonds. The summed E-state index contributed by atoms with van der Waals surface area (Å²) in [4.78, 5) is 12.4. The number of nitrogens with one attached hydrogen (secondary N) is 1. The highest BCUT2D eigenvalue weighted by Crippen LogP contribution is 2.28. The molecule has 2 aromatic rings. The fourth-order valence-corrected chi connectivity index (χ4v) is 3.46. The lowest BCUT2D eigenvalue weighted by Gasteiger charge is -2.13. The van der Waals surface area contributed by atoms with E-state index in [-0.39, 0.29) is 5.91 Å². The molecule has 0 saturated heterocycles. The number of carbonyl (C=O) groups is 1. The van der Waals surface area contributed by atoms with Crippen molar-refractivity contribution in [2.45, 2.75) is 20.8 Å². The fraction of sp³-hybridized carbons (Fsp3) is 0.188. The minimum atomic E-state index is -0.0780. The molecule has 0 aliphatic rings. The van der Waals surface area contributed by atoms with Gasteiger partial charge in [0.15, 0.2) is 0 Å². The van der Waals surface area contributed by atoms with Crippen LogP contribution in [-0.2, 0) is 0 Å². The summed E-state index contributed by atoms with van der Waals surface area (Å²) in [6.45, 7) is 6.03. The number of carbonyl (C=O) groups excluding carboxylic acids is 1. The molecule has 20 heavy (non-hydrogen) atoms. The molecular weight excluding hydrogens is 429 g/mol. The van der Waals surface area contributed by atoms with Crippen molar-refractivity contribution in [1.29, 1.82) is 0 Å². The Kier molecular flexibility index (Phi) is 4.86. The van der Waals surface area contributed by atoms with E-state index in [1.165, 1.54) is 0 Å². The first-order chi connectivity index (χ1) is 9.40. The molecular formula is C16H15BrINO. The Morgan fingerprint density at radius 3 is 2.50 bits per heavy atom. The summed E-state index contributed by atoms with van der Waals surface area (Å²) in [6, 6.07) is 9.82. The van der Waals surface area contributed by atoms with E-state index in [1.54, 1.807) is 0 Å². The Morgan fingerprint density at radius 2 is 1.85 bits per heavy atom. The number of rotatable bonds is 2. The SMILES string of the molecule is Cc1cc(C)c(NC(=O)c2cccc(C)c2I)c(Br)c1. The second kappa shape index (κ2) is 6.26. The Labute approximate surface area is 141 Å². The van der Waals surface area contributed by atoms with Crippen molar-refractivity contribution in [3.05, 3.63) is 60.6 Å². The number of benzene rings is 2. The smallest absolute Gasteiger partial charge is 0.256 e. The van der Waals surface area contributed by atoms with Gasteiger partial charge in [0, 0.05) is 8.04 Å². The highest BCUT2D eigenvalue weighted by molar-refractivity contribution is 14.1. The van der Waals surface area contributed by atoms with E-state index in [2.05, 4.69) is 49.9 Å². The molecule has 0 bridgehead atoms. The van der Waals surface area contributed by atoms with E-state index >= 15 is 0 Å². The zero-order valence-electron chi connectivity index (χ0n) is 11.6. The molecule has 0 heterocycles. The van der Waals surface area contributed by atoms with Crippen LogP contribution in [0.4, 0.5) is 5.69 Å². The van der Waals surface area contributed by atoms with Crippen molar-refractivity contribution >= 4 is 50.1 Å². The lowest BCUT2D eigenvalue weighted by atomic mass is 10.1. The minimum Gasteiger partial charge on any atom is -0.321 e. The Balaban J connectivity index is 2.36. The normalized spacial score (nSPS) is 10.4. The van der Waals surface area contributed by atoms with Crippen molar-refractivity contribution < 1.29 is 4.79 Å². The number of aryl methyl sites for hydroxylation is 3. The first-order valence-electron chi connectivity index (χ1n) is 6.23. The average Bonchev–Trinajstić information content (AvgIpc) is 2.36. The lowest BCUT2D eigenvalue weighted by molar-refractivity contribution is 0.102. The van der Waals surface area contributed by atoms with Crippen LogP contribution in [0.25, 0.3) is 0 Å². The molecule has 1 N–H and O–H groups in total. The number of hydrogen-bond acceptors (Lipinski definition) is 1. The summed E-state index contributed by atoms with van der Waals surface area (Å²) < 4.78 is 1.90. The Hall–Kier alpha value is -0.880. The van der Waals surface area contributed by atoms with E-state index in [4.69, 9.17) is 0 Å². The summed E-state index contributed by atoms with van der Waals surface area (Å²) in [5, 5.41) is 3.00. The van der Waals surface area contributed by atoms with Crippen molar-refractivity contribution in [2.24, 2.45) is 0 Å². The van der Waals surface area contributed by atoms with E-state index in [0.29, 0.717) is 5.56 Å². The highest BCUT2D eigenvalue weighted by Gasteiger charge is 2.14. The van der Waals surface area contributed by atoms with E-state index in [9.17, 15) is 4.79 Å².